The Hall–Kier alpha value is -1.09. The van der Waals surface area contributed by atoms with Crippen molar-refractivity contribution in [3.63, 3.8) is 0 Å². The van der Waals surface area contributed by atoms with Gasteiger partial charge in [0.15, 0.2) is 0 Å². The molecular formula is C14H19FN2. The van der Waals surface area contributed by atoms with Crippen LogP contribution in [-0.2, 0) is 6.54 Å². The molecule has 17 heavy (non-hydrogen) atoms. The molecule has 1 aliphatic carbocycles. The minimum atomic E-state index is -0.115. The second-order valence-corrected chi connectivity index (χ2v) is 5.33. The highest BCUT2D eigenvalue weighted by molar-refractivity contribution is 5.51. The normalized spacial score (nSPS) is 26.8. The second kappa shape index (κ2) is 4.30. The van der Waals surface area contributed by atoms with Crippen LogP contribution >= 0.6 is 0 Å². The van der Waals surface area contributed by atoms with Crippen LogP contribution < -0.4 is 10.2 Å². The van der Waals surface area contributed by atoms with Crippen molar-refractivity contribution in [2.24, 2.45) is 5.92 Å². The van der Waals surface area contributed by atoms with E-state index in [0.29, 0.717) is 6.04 Å². The molecule has 0 radical (unpaired) electrons. The van der Waals surface area contributed by atoms with Crippen molar-refractivity contribution in [1.82, 2.24) is 5.32 Å². The lowest BCUT2D eigenvalue weighted by molar-refractivity contribution is 0.551. The van der Waals surface area contributed by atoms with Crippen LogP contribution in [0.3, 0.4) is 0 Å². The van der Waals surface area contributed by atoms with Crippen LogP contribution in [0.2, 0.25) is 0 Å². The molecule has 0 spiro atoms. The van der Waals surface area contributed by atoms with Gasteiger partial charge in [-0.3, -0.25) is 0 Å². The maximum absolute atomic E-state index is 13.6. The highest BCUT2D eigenvalue weighted by atomic mass is 19.1. The highest BCUT2D eigenvalue weighted by Crippen LogP contribution is 2.40. The van der Waals surface area contributed by atoms with Gasteiger partial charge in [0.2, 0.25) is 0 Å². The van der Waals surface area contributed by atoms with E-state index in [1.54, 1.807) is 12.1 Å². The molecule has 2 fully saturated rings. The van der Waals surface area contributed by atoms with Gasteiger partial charge in [-0.15, -0.1) is 0 Å². The van der Waals surface area contributed by atoms with Crippen molar-refractivity contribution < 1.29 is 4.39 Å². The fourth-order valence-electron chi connectivity index (χ4n) is 3.35. The summed E-state index contributed by atoms with van der Waals surface area (Å²) in [4.78, 5) is 2.40. The van der Waals surface area contributed by atoms with Gasteiger partial charge in [-0.05, 0) is 56.0 Å². The molecule has 0 amide bonds. The van der Waals surface area contributed by atoms with Crippen LogP contribution in [0.1, 0.15) is 24.8 Å². The number of nitrogens with zero attached hydrogens (tertiary/aromatic N) is 1. The molecule has 1 aliphatic heterocycles. The summed E-state index contributed by atoms with van der Waals surface area (Å²) in [6.45, 7) is 1.85. The molecule has 1 N–H and O–H groups in total. The molecule has 1 aromatic carbocycles. The Kier molecular flexibility index (Phi) is 2.79. The third-order valence-electron chi connectivity index (χ3n) is 4.06. The molecule has 2 nitrogen and oxygen atoms in total. The van der Waals surface area contributed by atoms with Gasteiger partial charge < -0.3 is 10.2 Å². The number of piperidine rings is 1. The van der Waals surface area contributed by atoms with Gasteiger partial charge in [0.05, 0.1) is 0 Å². The van der Waals surface area contributed by atoms with Crippen molar-refractivity contribution in [3.05, 3.63) is 29.6 Å². The first-order chi connectivity index (χ1) is 8.26. The topological polar surface area (TPSA) is 15.3 Å². The molecule has 1 saturated carbocycles. The average molecular weight is 234 g/mol. The maximum atomic E-state index is 13.6. The Balaban J connectivity index is 1.87. The van der Waals surface area contributed by atoms with Crippen molar-refractivity contribution in [3.8, 4) is 0 Å². The first kappa shape index (κ1) is 11.0. The lowest BCUT2D eigenvalue weighted by Crippen LogP contribution is -2.32. The molecular weight excluding hydrogens is 215 g/mol. The predicted octanol–water partition coefficient (Wildman–Crippen LogP) is 2.53. The van der Waals surface area contributed by atoms with Crippen LogP contribution in [-0.4, -0.2) is 19.6 Å². The minimum absolute atomic E-state index is 0.115. The number of rotatable bonds is 3. The van der Waals surface area contributed by atoms with Crippen LogP contribution in [0.4, 0.5) is 10.1 Å². The molecule has 2 unspecified atom stereocenters. The minimum Gasteiger partial charge on any atom is -0.368 e. The Morgan fingerprint density at radius 2 is 2.24 bits per heavy atom. The molecule has 2 bridgehead atoms. The first-order valence-electron chi connectivity index (χ1n) is 6.47. The van der Waals surface area contributed by atoms with Gasteiger partial charge in [-0.25, -0.2) is 4.39 Å². The van der Waals surface area contributed by atoms with E-state index in [1.165, 1.54) is 19.3 Å². The number of benzene rings is 1. The molecule has 1 aromatic rings. The second-order valence-electron chi connectivity index (χ2n) is 5.33. The first-order valence-corrected chi connectivity index (χ1v) is 6.47. The Morgan fingerprint density at radius 3 is 2.88 bits per heavy atom. The van der Waals surface area contributed by atoms with Crippen LogP contribution in [0.15, 0.2) is 18.2 Å². The third kappa shape index (κ3) is 2.04. The van der Waals surface area contributed by atoms with Crippen LogP contribution in [0.5, 0.6) is 0 Å². The number of hydrogen-bond acceptors (Lipinski definition) is 2. The average Bonchev–Trinajstić information content (AvgIpc) is 2.90. The van der Waals surface area contributed by atoms with Crippen LogP contribution in [0.25, 0.3) is 0 Å². The largest absolute Gasteiger partial charge is 0.368 e. The summed E-state index contributed by atoms with van der Waals surface area (Å²) in [5.41, 5.74) is 2.10. The Labute approximate surface area is 102 Å². The van der Waals surface area contributed by atoms with E-state index in [-0.39, 0.29) is 5.82 Å². The molecule has 0 aromatic heterocycles. The van der Waals surface area contributed by atoms with E-state index in [2.05, 4.69) is 16.3 Å². The fourth-order valence-corrected chi connectivity index (χ4v) is 3.35. The number of anilines is 1. The van der Waals surface area contributed by atoms with E-state index in [1.807, 2.05) is 7.05 Å². The van der Waals surface area contributed by atoms with Gasteiger partial charge in [-0.2, -0.15) is 0 Å². The summed E-state index contributed by atoms with van der Waals surface area (Å²) < 4.78 is 13.6. The number of hydrogen-bond donors (Lipinski definition) is 1. The predicted molar refractivity (Wildman–Crippen MR) is 67.6 cm³/mol. The summed E-state index contributed by atoms with van der Waals surface area (Å²) in [6, 6.07) is 6.08. The van der Waals surface area contributed by atoms with Crippen LogP contribution in [0, 0.1) is 11.7 Å². The number of nitrogens with one attached hydrogen (secondary N) is 1. The number of halogens is 1. The quantitative estimate of drug-likeness (QED) is 0.864. The standard InChI is InChI=1S/C14H19FN2/c1-16-8-11-4-12(15)7-14(6-11)17-9-10-2-3-13(17)5-10/h4,6-7,10,13,16H,2-3,5,8-9H2,1H3. The van der Waals surface area contributed by atoms with Gasteiger partial charge in [0.1, 0.15) is 5.82 Å². The third-order valence-corrected chi connectivity index (χ3v) is 4.06. The molecule has 92 valence electrons. The van der Waals surface area contributed by atoms with Gasteiger partial charge in [-0.1, -0.05) is 0 Å². The monoisotopic (exact) mass is 234 g/mol. The maximum Gasteiger partial charge on any atom is 0.125 e. The zero-order chi connectivity index (χ0) is 11.8. The fraction of sp³-hybridized carbons (Fsp3) is 0.571. The van der Waals surface area contributed by atoms with Gasteiger partial charge >= 0.3 is 0 Å². The molecule has 1 saturated heterocycles. The summed E-state index contributed by atoms with van der Waals surface area (Å²) in [5.74, 6) is 0.728. The van der Waals surface area contributed by atoms with Gasteiger partial charge in [0, 0.05) is 24.8 Å². The van der Waals surface area contributed by atoms with Crippen molar-refractivity contribution in [1.29, 1.82) is 0 Å². The van der Waals surface area contributed by atoms with E-state index in [0.717, 1.165) is 30.3 Å². The highest BCUT2D eigenvalue weighted by Gasteiger charge is 2.37. The van der Waals surface area contributed by atoms with E-state index in [4.69, 9.17) is 0 Å². The lowest BCUT2D eigenvalue weighted by Gasteiger charge is -2.29. The molecule has 3 rings (SSSR count). The molecule has 2 atom stereocenters. The zero-order valence-corrected chi connectivity index (χ0v) is 10.2. The van der Waals surface area contributed by atoms with E-state index < -0.39 is 0 Å². The summed E-state index contributed by atoms with van der Waals surface area (Å²) in [6.07, 6.45) is 3.94. The summed E-state index contributed by atoms with van der Waals surface area (Å²) >= 11 is 0. The van der Waals surface area contributed by atoms with E-state index in [9.17, 15) is 4.39 Å². The molecule has 3 heteroatoms. The van der Waals surface area contributed by atoms with Crippen molar-refractivity contribution >= 4 is 5.69 Å². The summed E-state index contributed by atoms with van der Waals surface area (Å²) in [7, 11) is 1.89. The number of fused-ring (bicyclic) bond motifs is 2. The van der Waals surface area contributed by atoms with E-state index >= 15 is 0 Å². The van der Waals surface area contributed by atoms with Crippen molar-refractivity contribution in [2.75, 3.05) is 18.5 Å². The van der Waals surface area contributed by atoms with Crippen molar-refractivity contribution in [2.45, 2.75) is 31.8 Å². The zero-order valence-electron chi connectivity index (χ0n) is 10.2. The molecule has 2 aliphatic rings. The SMILES string of the molecule is CNCc1cc(F)cc(N2CC3CCC2C3)c1. The summed E-state index contributed by atoms with van der Waals surface area (Å²) in [5, 5.41) is 3.08. The molecule has 1 heterocycles. The van der Waals surface area contributed by atoms with Gasteiger partial charge in [0.25, 0.3) is 0 Å². The smallest absolute Gasteiger partial charge is 0.125 e. The Morgan fingerprint density at radius 1 is 1.35 bits per heavy atom. The lowest BCUT2D eigenvalue weighted by atomic mass is 10.1. The Bertz CT molecular complexity index is 419.